The Morgan fingerprint density at radius 1 is 1.17 bits per heavy atom. The summed E-state index contributed by atoms with van der Waals surface area (Å²) in [5.74, 6) is 1.57. The summed E-state index contributed by atoms with van der Waals surface area (Å²) in [4.78, 5) is 11.2. The molecule has 2 aliphatic carbocycles. The van der Waals surface area contributed by atoms with Crippen LogP contribution in [0.25, 0.3) is 0 Å². The molecule has 124 valence electrons. The molecule has 23 heavy (non-hydrogen) atoms. The van der Waals surface area contributed by atoms with E-state index in [1.807, 2.05) is 5.94 Å². The number of alkyl halides is 3. The Kier molecular flexibility index (Phi) is 3.57. The molecule has 0 saturated heterocycles. The van der Waals surface area contributed by atoms with Gasteiger partial charge in [-0.05, 0) is 55.4 Å². The molecule has 1 aromatic rings. The van der Waals surface area contributed by atoms with E-state index in [0.717, 1.165) is 12.0 Å². The summed E-state index contributed by atoms with van der Waals surface area (Å²) >= 11 is 0. The van der Waals surface area contributed by atoms with Gasteiger partial charge < -0.3 is 4.18 Å². The molecule has 0 N–H and O–H groups in total. The number of hydrogen-bond acceptors (Lipinski definition) is 4. The molecule has 8 heteroatoms. The standard InChI is InChI=1S/C15H13F3O4S/c16-15(17,18)23(20,21)22-12-4-3-10-5-7-14(13(10)8-12)6-1-2-11(14)9-19/h3-4,8H,1-2,5-7H2. The maximum atomic E-state index is 12.4. The Morgan fingerprint density at radius 2 is 1.91 bits per heavy atom. The number of rotatable bonds is 2. The van der Waals surface area contributed by atoms with Gasteiger partial charge in [0.2, 0.25) is 0 Å². The average molecular weight is 346 g/mol. The first kappa shape index (κ1) is 16.1. The van der Waals surface area contributed by atoms with Crippen LogP contribution in [0.2, 0.25) is 0 Å². The molecule has 1 aromatic carbocycles. The maximum absolute atomic E-state index is 12.4. The molecule has 1 saturated carbocycles. The van der Waals surface area contributed by atoms with E-state index in [9.17, 15) is 26.4 Å². The van der Waals surface area contributed by atoms with Crippen molar-refractivity contribution in [1.29, 1.82) is 0 Å². The molecule has 1 spiro atoms. The third-order valence-corrected chi connectivity index (χ3v) is 5.62. The quantitative estimate of drug-likeness (QED) is 0.469. The van der Waals surface area contributed by atoms with Crippen molar-refractivity contribution < 1.29 is 30.6 Å². The minimum Gasteiger partial charge on any atom is -0.376 e. The van der Waals surface area contributed by atoms with Crippen molar-refractivity contribution in [2.45, 2.75) is 43.0 Å². The van der Waals surface area contributed by atoms with E-state index in [0.29, 0.717) is 36.8 Å². The normalized spacial score (nSPS) is 23.9. The summed E-state index contributed by atoms with van der Waals surface area (Å²) in [5.41, 5.74) is -3.82. The van der Waals surface area contributed by atoms with E-state index in [4.69, 9.17) is 0 Å². The molecule has 0 aliphatic heterocycles. The third-order valence-electron chi connectivity index (χ3n) is 4.64. The lowest BCUT2D eigenvalue weighted by atomic mass is 9.77. The fourth-order valence-corrected chi connectivity index (χ4v) is 4.06. The van der Waals surface area contributed by atoms with E-state index in [1.165, 1.54) is 12.1 Å². The first-order chi connectivity index (χ1) is 10.7. The van der Waals surface area contributed by atoms with Crippen LogP contribution in [-0.2, 0) is 26.7 Å². The zero-order valence-electron chi connectivity index (χ0n) is 11.9. The summed E-state index contributed by atoms with van der Waals surface area (Å²) < 4.78 is 63.8. The SMILES string of the molecule is O=C=C1CCCC12CCc1ccc(OS(=O)(=O)C(F)(F)F)cc12. The van der Waals surface area contributed by atoms with Crippen molar-refractivity contribution in [1.82, 2.24) is 0 Å². The molecule has 1 fully saturated rings. The van der Waals surface area contributed by atoms with Gasteiger partial charge in [0.05, 0.1) is 0 Å². The monoisotopic (exact) mass is 346 g/mol. The molecule has 4 nitrogen and oxygen atoms in total. The van der Waals surface area contributed by atoms with Gasteiger partial charge >= 0.3 is 15.6 Å². The molecule has 1 atom stereocenters. The van der Waals surface area contributed by atoms with Crippen molar-refractivity contribution in [2.24, 2.45) is 0 Å². The number of allylic oxidation sites excluding steroid dienone is 1. The van der Waals surface area contributed by atoms with Crippen LogP contribution in [0.1, 0.15) is 36.8 Å². The maximum Gasteiger partial charge on any atom is 0.534 e. The third kappa shape index (κ3) is 2.46. The van der Waals surface area contributed by atoms with Gasteiger partial charge in [-0.25, -0.2) is 4.79 Å². The lowest BCUT2D eigenvalue weighted by Gasteiger charge is -2.25. The predicted molar refractivity (Wildman–Crippen MR) is 75.1 cm³/mol. The number of benzene rings is 1. The van der Waals surface area contributed by atoms with Crippen molar-refractivity contribution in [3.05, 3.63) is 34.9 Å². The van der Waals surface area contributed by atoms with Gasteiger partial charge in [0.1, 0.15) is 11.7 Å². The Labute approximate surface area is 131 Å². The molecular formula is C15H13F3O4S. The van der Waals surface area contributed by atoms with E-state index in [1.54, 1.807) is 6.07 Å². The molecular weight excluding hydrogens is 333 g/mol. The Bertz CT molecular complexity index is 807. The molecule has 1 unspecified atom stereocenters. The minimum atomic E-state index is -5.71. The molecule has 3 rings (SSSR count). The molecule has 0 aromatic heterocycles. The average Bonchev–Trinajstić information content (AvgIpc) is 3.03. The molecule has 0 amide bonds. The smallest absolute Gasteiger partial charge is 0.376 e. The van der Waals surface area contributed by atoms with Gasteiger partial charge in [0.25, 0.3) is 0 Å². The number of carbonyl (C=O) groups excluding carboxylic acids is 1. The van der Waals surface area contributed by atoms with E-state index < -0.39 is 21.0 Å². The van der Waals surface area contributed by atoms with Crippen LogP contribution in [-0.4, -0.2) is 19.9 Å². The summed E-state index contributed by atoms with van der Waals surface area (Å²) in [6.07, 6.45) is 3.49. The Morgan fingerprint density at radius 3 is 2.57 bits per heavy atom. The van der Waals surface area contributed by atoms with Crippen molar-refractivity contribution >= 4 is 16.1 Å². The van der Waals surface area contributed by atoms with Crippen molar-refractivity contribution in [2.75, 3.05) is 0 Å². The fourth-order valence-electron chi connectivity index (χ4n) is 3.61. The highest BCUT2D eigenvalue weighted by atomic mass is 32.2. The summed E-state index contributed by atoms with van der Waals surface area (Å²) in [5, 5.41) is 0. The van der Waals surface area contributed by atoms with Crippen LogP contribution in [0, 0.1) is 0 Å². The van der Waals surface area contributed by atoms with E-state index in [2.05, 4.69) is 4.18 Å². The number of aryl methyl sites for hydroxylation is 1. The fraction of sp³-hybridized carbons (Fsp3) is 0.467. The number of hydrogen-bond donors (Lipinski definition) is 0. The first-order valence-corrected chi connectivity index (χ1v) is 8.49. The van der Waals surface area contributed by atoms with E-state index >= 15 is 0 Å². The highest BCUT2D eigenvalue weighted by molar-refractivity contribution is 7.88. The van der Waals surface area contributed by atoms with Crippen LogP contribution >= 0.6 is 0 Å². The summed E-state index contributed by atoms with van der Waals surface area (Å²) in [7, 11) is -5.71. The van der Waals surface area contributed by atoms with Crippen LogP contribution in [0.3, 0.4) is 0 Å². The highest BCUT2D eigenvalue weighted by Crippen LogP contribution is 2.53. The Balaban J connectivity index is 2.02. The zero-order chi connectivity index (χ0) is 16.9. The van der Waals surface area contributed by atoms with Crippen LogP contribution in [0.4, 0.5) is 13.2 Å². The van der Waals surface area contributed by atoms with Crippen LogP contribution in [0.5, 0.6) is 5.75 Å². The second kappa shape index (κ2) is 5.11. The highest BCUT2D eigenvalue weighted by Gasteiger charge is 2.49. The second-order valence-corrected chi connectivity index (χ2v) is 7.36. The number of halogens is 3. The summed E-state index contributed by atoms with van der Waals surface area (Å²) in [6.45, 7) is 0. The van der Waals surface area contributed by atoms with Gasteiger partial charge in [-0.3, -0.25) is 0 Å². The van der Waals surface area contributed by atoms with Crippen molar-refractivity contribution in [3.8, 4) is 5.75 Å². The molecule has 2 aliphatic rings. The molecule has 0 heterocycles. The second-order valence-electron chi connectivity index (χ2n) is 5.82. The first-order valence-electron chi connectivity index (χ1n) is 7.08. The number of fused-ring (bicyclic) bond motifs is 2. The van der Waals surface area contributed by atoms with Gasteiger partial charge in [-0.2, -0.15) is 21.6 Å². The van der Waals surface area contributed by atoms with Crippen LogP contribution in [0.15, 0.2) is 23.8 Å². The predicted octanol–water partition coefficient (Wildman–Crippen LogP) is 3.04. The minimum absolute atomic E-state index is 0.389. The summed E-state index contributed by atoms with van der Waals surface area (Å²) in [6, 6.07) is 4.08. The van der Waals surface area contributed by atoms with Gasteiger partial charge in [0, 0.05) is 11.0 Å². The largest absolute Gasteiger partial charge is 0.534 e. The Hall–Kier alpha value is -1.79. The van der Waals surface area contributed by atoms with Gasteiger partial charge in [-0.15, -0.1) is 0 Å². The molecule has 0 bridgehead atoms. The lowest BCUT2D eigenvalue weighted by Crippen LogP contribution is -2.28. The van der Waals surface area contributed by atoms with Crippen LogP contribution < -0.4 is 4.18 Å². The lowest BCUT2D eigenvalue weighted by molar-refractivity contribution is -0.0500. The van der Waals surface area contributed by atoms with Crippen molar-refractivity contribution in [3.63, 3.8) is 0 Å². The van der Waals surface area contributed by atoms with Gasteiger partial charge in [0.15, 0.2) is 0 Å². The van der Waals surface area contributed by atoms with E-state index in [-0.39, 0.29) is 5.75 Å². The zero-order valence-corrected chi connectivity index (χ0v) is 12.8. The van der Waals surface area contributed by atoms with Gasteiger partial charge in [-0.1, -0.05) is 6.07 Å². The molecule has 0 radical (unpaired) electrons. The topological polar surface area (TPSA) is 60.4 Å².